The van der Waals surface area contributed by atoms with E-state index in [-0.39, 0.29) is 5.69 Å². The molecular formula is C8H10F2NO3P. The molecule has 0 spiro atoms. The zero-order chi connectivity index (χ0) is 11.5. The number of benzene rings is 1. The first-order valence-corrected chi connectivity index (χ1v) is 5.78. The first kappa shape index (κ1) is 12.1. The standard InChI is InChI=1S/C8H10F2NO3P/c1-6-2-3-7(8(11)4-6)5-15(12,13-9)14-10/h2-4H,5,11H2,1H3. The highest BCUT2D eigenvalue weighted by molar-refractivity contribution is 7.52. The molecule has 0 atom stereocenters. The van der Waals surface area contributed by atoms with Gasteiger partial charge in [-0.2, -0.15) is 0 Å². The molecule has 7 heteroatoms. The van der Waals surface area contributed by atoms with Crippen molar-refractivity contribution in [2.45, 2.75) is 13.1 Å². The average molecular weight is 237 g/mol. The van der Waals surface area contributed by atoms with E-state index in [4.69, 9.17) is 5.73 Å². The van der Waals surface area contributed by atoms with Gasteiger partial charge in [0.25, 0.3) is 0 Å². The van der Waals surface area contributed by atoms with E-state index in [1.807, 2.05) is 0 Å². The summed E-state index contributed by atoms with van der Waals surface area (Å²) < 4.78 is 40.6. The van der Waals surface area contributed by atoms with Crippen LogP contribution in [0, 0.1) is 6.92 Å². The SMILES string of the molecule is Cc1ccc(CP(=O)(OF)OF)c(N)c1. The highest BCUT2D eigenvalue weighted by Gasteiger charge is 2.28. The summed E-state index contributed by atoms with van der Waals surface area (Å²) in [5, 5.41) is 0. The topological polar surface area (TPSA) is 61.5 Å². The fraction of sp³-hybridized carbons (Fsp3) is 0.250. The molecule has 0 aliphatic heterocycles. The van der Waals surface area contributed by atoms with Crippen LogP contribution in [0.5, 0.6) is 0 Å². The monoisotopic (exact) mass is 237 g/mol. The Morgan fingerprint density at radius 3 is 2.47 bits per heavy atom. The van der Waals surface area contributed by atoms with Crippen molar-refractivity contribution in [3.8, 4) is 0 Å². The molecule has 0 radical (unpaired) electrons. The van der Waals surface area contributed by atoms with Gasteiger partial charge in [-0.3, -0.25) is 4.57 Å². The normalized spacial score (nSPS) is 11.7. The lowest BCUT2D eigenvalue weighted by Gasteiger charge is -2.09. The summed E-state index contributed by atoms with van der Waals surface area (Å²) in [6.07, 6.45) is -0.549. The molecule has 1 aromatic rings. The predicted octanol–water partition coefficient (Wildman–Crippen LogP) is 3.07. The van der Waals surface area contributed by atoms with E-state index in [1.165, 1.54) is 6.07 Å². The minimum atomic E-state index is -4.36. The van der Waals surface area contributed by atoms with E-state index < -0.39 is 13.8 Å². The van der Waals surface area contributed by atoms with Crippen LogP contribution in [0.4, 0.5) is 14.7 Å². The lowest BCUT2D eigenvalue weighted by Crippen LogP contribution is -1.97. The summed E-state index contributed by atoms with van der Waals surface area (Å²) in [4.78, 5) is 0. The van der Waals surface area contributed by atoms with Gasteiger partial charge >= 0.3 is 7.60 Å². The number of rotatable bonds is 4. The second-order valence-electron chi connectivity index (χ2n) is 3.11. The summed E-state index contributed by atoms with van der Waals surface area (Å²) in [6.45, 7) is 1.80. The van der Waals surface area contributed by atoms with Crippen LogP contribution in [-0.2, 0) is 20.2 Å². The van der Waals surface area contributed by atoms with Gasteiger partial charge in [0.15, 0.2) is 0 Å². The first-order valence-electron chi connectivity index (χ1n) is 4.05. The van der Waals surface area contributed by atoms with Gasteiger partial charge in [-0.15, -0.1) is 9.46 Å². The molecule has 15 heavy (non-hydrogen) atoms. The summed E-state index contributed by atoms with van der Waals surface area (Å²) in [5.41, 5.74) is 7.03. The molecule has 0 heterocycles. The fourth-order valence-electron chi connectivity index (χ4n) is 1.13. The van der Waals surface area contributed by atoms with Crippen molar-refractivity contribution in [2.24, 2.45) is 0 Å². The third-order valence-corrected chi connectivity index (χ3v) is 3.02. The highest BCUT2D eigenvalue weighted by atomic mass is 31.2. The Balaban J connectivity index is 2.94. The zero-order valence-electron chi connectivity index (χ0n) is 7.94. The van der Waals surface area contributed by atoms with Gasteiger partial charge < -0.3 is 5.73 Å². The average Bonchev–Trinajstić information content (AvgIpc) is 2.22. The quantitative estimate of drug-likeness (QED) is 0.645. The molecule has 2 N–H and O–H groups in total. The van der Waals surface area contributed by atoms with Crippen LogP contribution in [-0.4, -0.2) is 0 Å². The van der Waals surface area contributed by atoms with Crippen LogP contribution in [0.3, 0.4) is 0 Å². The van der Waals surface area contributed by atoms with Gasteiger partial charge in [0.2, 0.25) is 0 Å². The number of aryl methyl sites for hydroxylation is 1. The summed E-state index contributed by atoms with van der Waals surface area (Å²) in [6, 6.07) is 4.78. The molecule has 4 nitrogen and oxygen atoms in total. The Morgan fingerprint density at radius 1 is 1.40 bits per heavy atom. The number of hydrogen-bond donors (Lipinski definition) is 1. The van der Waals surface area contributed by atoms with Crippen LogP contribution < -0.4 is 5.73 Å². The zero-order valence-corrected chi connectivity index (χ0v) is 8.84. The van der Waals surface area contributed by atoms with E-state index in [2.05, 4.69) is 9.46 Å². The van der Waals surface area contributed by atoms with E-state index in [1.54, 1.807) is 19.1 Å². The molecule has 0 fully saturated rings. The van der Waals surface area contributed by atoms with E-state index >= 15 is 0 Å². The van der Waals surface area contributed by atoms with E-state index in [0.29, 0.717) is 5.56 Å². The van der Waals surface area contributed by atoms with Gasteiger partial charge in [0.1, 0.15) is 0 Å². The fourth-order valence-corrected chi connectivity index (χ4v) is 1.95. The number of hydrogen-bond acceptors (Lipinski definition) is 4. The van der Waals surface area contributed by atoms with Crippen molar-refractivity contribution in [3.05, 3.63) is 29.3 Å². The third kappa shape index (κ3) is 2.99. The Kier molecular flexibility index (Phi) is 3.79. The number of nitrogens with two attached hydrogens (primary N) is 1. The Bertz CT molecular complexity index is 391. The molecule has 1 aromatic carbocycles. The molecule has 0 aliphatic rings. The Labute approximate surface area is 85.3 Å². The second-order valence-corrected chi connectivity index (χ2v) is 4.92. The molecule has 0 saturated heterocycles. The molecule has 0 amide bonds. The predicted molar refractivity (Wildman–Crippen MR) is 51.3 cm³/mol. The molecule has 0 unspecified atom stereocenters. The third-order valence-electron chi connectivity index (χ3n) is 1.88. The molecule has 0 bridgehead atoms. The maximum absolute atomic E-state index is 11.8. The second kappa shape index (κ2) is 4.70. The van der Waals surface area contributed by atoms with Gasteiger partial charge in [-0.1, -0.05) is 12.1 Å². The van der Waals surface area contributed by atoms with Crippen molar-refractivity contribution in [3.63, 3.8) is 0 Å². The smallest absolute Gasteiger partial charge is 0.398 e. The summed E-state index contributed by atoms with van der Waals surface area (Å²) in [7, 11) is -4.36. The van der Waals surface area contributed by atoms with Gasteiger partial charge in [0.05, 0.1) is 6.16 Å². The summed E-state index contributed by atoms with van der Waals surface area (Å²) >= 11 is 0. The Hall–Kier alpha value is -0.970. The molecule has 0 saturated carbocycles. The van der Waals surface area contributed by atoms with E-state index in [9.17, 15) is 13.6 Å². The Morgan fingerprint density at radius 2 is 2.00 bits per heavy atom. The molecule has 1 rings (SSSR count). The molecule has 84 valence electrons. The van der Waals surface area contributed by atoms with Crippen molar-refractivity contribution < 1.29 is 23.1 Å². The minimum Gasteiger partial charge on any atom is -0.398 e. The number of nitrogen functional groups attached to an aromatic ring is 1. The van der Waals surface area contributed by atoms with Crippen molar-refractivity contribution in [2.75, 3.05) is 5.73 Å². The maximum atomic E-state index is 11.8. The highest BCUT2D eigenvalue weighted by Crippen LogP contribution is 2.52. The van der Waals surface area contributed by atoms with Crippen LogP contribution >= 0.6 is 7.60 Å². The van der Waals surface area contributed by atoms with Gasteiger partial charge in [-0.25, -0.2) is 0 Å². The van der Waals surface area contributed by atoms with Crippen LogP contribution in [0.15, 0.2) is 18.2 Å². The lowest BCUT2D eigenvalue weighted by atomic mass is 10.1. The van der Waals surface area contributed by atoms with Crippen LogP contribution in [0.2, 0.25) is 0 Å². The van der Waals surface area contributed by atoms with Crippen molar-refractivity contribution >= 4 is 13.3 Å². The van der Waals surface area contributed by atoms with Crippen molar-refractivity contribution in [1.82, 2.24) is 0 Å². The molecule has 0 aromatic heterocycles. The number of anilines is 1. The number of halogens is 2. The van der Waals surface area contributed by atoms with Crippen molar-refractivity contribution in [1.29, 1.82) is 0 Å². The lowest BCUT2D eigenvalue weighted by molar-refractivity contribution is -0.0881. The largest absolute Gasteiger partial charge is 0.399 e. The summed E-state index contributed by atoms with van der Waals surface area (Å²) in [5.74, 6) is 0. The van der Waals surface area contributed by atoms with Crippen LogP contribution in [0.25, 0.3) is 0 Å². The first-order chi connectivity index (χ1) is 7.00. The van der Waals surface area contributed by atoms with Crippen LogP contribution in [0.1, 0.15) is 11.1 Å². The molecular weight excluding hydrogens is 227 g/mol. The maximum Gasteiger partial charge on any atom is 0.399 e. The minimum absolute atomic E-state index is 0.282. The van der Waals surface area contributed by atoms with Gasteiger partial charge in [-0.05, 0) is 33.2 Å². The van der Waals surface area contributed by atoms with Gasteiger partial charge in [0, 0.05) is 5.69 Å². The van der Waals surface area contributed by atoms with E-state index in [0.717, 1.165) is 5.56 Å². The molecule has 0 aliphatic carbocycles.